The predicted octanol–water partition coefficient (Wildman–Crippen LogP) is 5.07. The zero-order chi connectivity index (χ0) is 19.3. The van der Waals surface area contributed by atoms with E-state index in [9.17, 15) is 13.2 Å². The molecule has 2 aliphatic heterocycles. The van der Waals surface area contributed by atoms with Gasteiger partial charge in [-0.15, -0.1) is 0 Å². The number of benzene rings is 1. The third-order valence-electron chi connectivity index (χ3n) is 6.03. The van der Waals surface area contributed by atoms with E-state index in [0.717, 1.165) is 50.4 Å². The number of aromatic nitrogens is 2. The van der Waals surface area contributed by atoms with E-state index in [0.29, 0.717) is 12.1 Å². The summed E-state index contributed by atoms with van der Waals surface area (Å²) in [5.74, 6) is 0.0309. The van der Waals surface area contributed by atoms with Crippen molar-refractivity contribution in [3.63, 3.8) is 0 Å². The Morgan fingerprint density at radius 3 is 2.50 bits per heavy atom. The molecule has 28 heavy (non-hydrogen) atoms. The third kappa shape index (κ3) is 3.19. The smallest absolute Gasteiger partial charge is 0.367 e. The summed E-state index contributed by atoms with van der Waals surface area (Å²) < 4.78 is 40.1. The molecule has 2 atom stereocenters. The van der Waals surface area contributed by atoms with Crippen LogP contribution in [0.1, 0.15) is 67.3 Å². The van der Waals surface area contributed by atoms with Crippen molar-refractivity contribution in [1.29, 1.82) is 0 Å². The lowest BCUT2D eigenvalue weighted by atomic mass is 9.91. The largest absolute Gasteiger partial charge is 0.421 e. The molecular weight excluding hydrogens is 367 g/mol. The van der Waals surface area contributed by atoms with E-state index >= 15 is 0 Å². The lowest BCUT2D eigenvalue weighted by molar-refractivity contribution is -0.137. The molecular formula is C20H22F3N5. The Labute approximate surface area is 161 Å². The van der Waals surface area contributed by atoms with Gasteiger partial charge in [0.05, 0.1) is 0 Å². The third-order valence-corrected chi connectivity index (χ3v) is 6.03. The number of hydrogen-bond donors (Lipinski definition) is 3. The summed E-state index contributed by atoms with van der Waals surface area (Å²) in [6.07, 6.45) is 2.44. The van der Waals surface area contributed by atoms with Gasteiger partial charge in [0.1, 0.15) is 11.4 Å². The van der Waals surface area contributed by atoms with Crippen molar-refractivity contribution in [2.45, 2.75) is 62.8 Å². The molecule has 0 spiro atoms. The Hall–Kier alpha value is -2.35. The van der Waals surface area contributed by atoms with Gasteiger partial charge in [-0.1, -0.05) is 18.9 Å². The van der Waals surface area contributed by atoms with Crippen LogP contribution in [-0.2, 0) is 6.18 Å². The minimum Gasteiger partial charge on any atom is -0.367 e. The normalized spacial score (nSPS) is 23.8. The molecule has 5 rings (SSSR count). The van der Waals surface area contributed by atoms with Gasteiger partial charge in [-0.05, 0) is 48.9 Å². The van der Waals surface area contributed by atoms with E-state index in [2.05, 4.69) is 38.1 Å². The number of fused-ring (bicyclic) bond motifs is 5. The van der Waals surface area contributed by atoms with Crippen molar-refractivity contribution in [3.05, 3.63) is 41.1 Å². The van der Waals surface area contributed by atoms with E-state index < -0.39 is 11.7 Å². The zero-order valence-electron chi connectivity index (χ0n) is 15.3. The van der Waals surface area contributed by atoms with Crippen molar-refractivity contribution >= 4 is 17.5 Å². The van der Waals surface area contributed by atoms with Crippen molar-refractivity contribution < 1.29 is 13.2 Å². The number of nitrogens with one attached hydrogen (secondary N) is 3. The highest BCUT2D eigenvalue weighted by Crippen LogP contribution is 2.45. The number of halogens is 3. The van der Waals surface area contributed by atoms with Gasteiger partial charge >= 0.3 is 6.18 Å². The van der Waals surface area contributed by atoms with Crippen molar-refractivity contribution in [1.82, 2.24) is 15.3 Å². The first kappa shape index (κ1) is 17.7. The van der Waals surface area contributed by atoms with E-state index in [1.807, 2.05) is 6.07 Å². The molecule has 2 unspecified atom stereocenters. The monoisotopic (exact) mass is 389 g/mol. The molecule has 1 aliphatic carbocycles. The zero-order valence-corrected chi connectivity index (χ0v) is 15.3. The molecule has 0 radical (unpaired) electrons. The highest BCUT2D eigenvalue weighted by Gasteiger charge is 2.37. The highest BCUT2D eigenvalue weighted by atomic mass is 19.4. The fraction of sp³-hybridized carbons (Fsp3) is 0.500. The van der Waals surface area contributed by atoms with Crippen molar-refractivity contribution in [2.24, 2.45) is 0 Å². The van der Waals surface area contributed by atoms with Crippen LogP contribution >= 0.6 is 0 Å². The molecule has 2 aromatic rings. The van der Waals surface area contributed by atoms with E-state index in [1.54, 1.807) is 0 Å². The number of nitrogens with zero attached hydrogens (tertiary/aromatic N) is 2. The summed E-state index contributed by atoms with van der Waals surface area (Å²) in [5.41, 5.74) is 2.55. The average molecular weight is 389 g/mol. The molecule has 1 aromatic carbocycles. The maximum Gasteiger partial charge on any atom is 0.421 e. The fourth-order valence-corrected chi connectivity index (χ4v) is 4.66. The van der Waals surface area contributed by atoms with Crippen LogP contribution in [0.15, 0.2) is 24.4 Å². The van der Waals surface area contributed by atoms with Gasteiger partial charge in [-0.3, -0.25) is 0 Å². The van der Waals surface area contributed by atoms with Gasteiger partial charge in [-0.2, -0.15) is 18.2 Å². The first-order chi connectivity index (χ1) is 13.5. The van der Waals surface area contributed by atoms with Crippen LogP contribution in [0.4, 0.5) is 30.6 Å². The van der Waals surface area contributed by atoms with E-state index in [-0.39, 0.29) is 17.8 Å². The van der Waals surface area contributed by atoms with Crippen LogP contribution < -0.4 is 16.0 Å². The Morgan fingerprint density at radius 1 is 1.00 bits per heavy atom. The van der Waals surface area contributed by atoms with E-state index in [1.165, 1.54) is 11.1 Å². The highest BCUT2D eigenvalue weighted by molar-refractivity contribution is 5.60. The van der Waals surface area contributed by atoms with Crippen molar-refractivity contribution in [3.8, 4) is 0 Å². The maximum absolute atomic E-state index is 13.4. The van der Waals surface area contributed by atoms with Crippen LogP contribution in [0, 0.1) is 0 Å². The molecule has 1 saturated carbocycles. The first-order valence-electron chi connectivity index (χ1n) is 9.85. The standard InChI is InChI=1S/C20H22F3N5/c21-20(22,23)15-10-24-19(28-18(15)25-11-3-1-2-4-11)26-12-5-6-13-14(9-12)17-8-7-16(13)27-17/h5-6,9-11,16-17,27H,1-4,7-8H2,(H2,24,25,26,28). The molecule has 1 saturated heterocycles. The molecule has 3 aliphatic rings. The van der Waals surface area contributed by atoms with Gasteiger partial charge in [0, 0.05) is 30.0 Å². The van der Waals surface area contributed by atoms with Gasteiger partial charge < -0.3 is 16.0 Å². The Bertz CT molecular complexity index is 892. The SMILES string of the molecule is FC(F)(F)c1cnc(Nc2ccc3c(c2)C2CCC3N2)nc1NC1CCCC1. The Morgan fingerprint density at radius 2 is 1.75 bits per heavy atom. The van der Waals surface area contributed by atoms with Gasteiger partial charge in [-0.25, -0.2) is 4.98 Å². The second-order valence-corrected chi connectivity index (χ2v) is 7.90. The molecule has 1 aromatic heterocycles. The topological polar surface area (TPSA) is 61.9 Å². The lowest BCUT2D eigenvalue weighted by Crippen LogP contribution is -2.20. The number of rotatable bonds is 4. The molecule has 148 valence electrons. The lowest BCUT2D eigenvalue weighted by Gasteiger charge is -2.19. The van der Waals surface area contributed by atoms with Gasteiger partial charge in [0.25, 0.3) is 0 Å². The minimum atomic E-state index is -4.49. The second kappa shape index (κ2) is 6.62. The Kier molecular flexibility index (Phi) is 4.19. The molecule has 3 heterocycles. The minimum absolute atomic E-state index is 0.0328. The van der Waals surface area contributed by atoms with Crippen LogP contribution in [0.2, 0.25) is 0 Å². The molecule has 2 fully saturated rings. The molecule has 0 amide bonds. The number of anilines is 3. The summed E-state index contributed by atoms with van der Waals surface area (Å²) in [7, 11) is 0. The fourth-order valence-electron chi connectivity index (χ4n) is 4.66. The first-order valence-corrected chi connectivity index (χ1v) is 9.85. The summed E-state index contributed by atoms with van der Waals surface area (Å²) in [4.78, 5) is 8.09. The van der Waals surface area contributed by atoms with Crippen LogP contribution in [0.25, 0.3) is 0 Å². The molecule has 8 heteroatoms. The summed E-state index contributed by atoms with van der Waals surface area (Å²) in [6.45, 7) is 0. The average Bonchev–Trinajstić information content (AvgIpc) is 3.39. The van der Waals surface area contributed by atoms with Gasteiger partial charge in [0.2, 0.25) is 5.95 Å². The van der Waals surface area contributed by atoms with Crippen LogP contribution in [-0.4, -0.2) is 16.0 Å². The van der Waals surface area contributed by atoms with Crippen LogP contribution in [0.3, 0.4) is 0 Å². The quantitative estimate of drug-likeness (QED) is 0.681. The molecule has 2 bridgehead atoms. The summed E-state index contributed by atoms with van der Waals surface area (Å²) in [5, 5.41) is 9.63. The van der Waals surface area contributed by atoms with Crippen LogP contribution in [0.5, 0.6) is 0 Å². The number of hydrogen-bond acceptors (Lipinski definition) is 5. The maximum atomic E-state index is 13.4. The molecule has 5 nitrogen and oxygen atoms in total. The van der Waals surface area contributed by atoms with Gasteiger partial charge in [0.15, 0.2) is 0 Å². The predicted molar refractivity (Wildman–Crippen MR) is 100 cm³/mol. The summed E-state index contributed by atoms with van der Waals surface area (Å²) in [6, 6.07) is 6.90. The Balaban J connectivity index is 1.41. The van der Waals surface area contributed by atoms with Crippen molar-refractivity contribution in [2.75, 3.05) is 10.6 Å². The molecule has 3 N–H and O–H groups in total. The second-order valence-electron chi connectivity index (χ2n) is 7.90. The number of alkyl halides is 3. The van der Waals surface area contributed by atoms with E-state index in [4.69, 9.17) is 0 Å². The summed E-state index contributed by atoms with van der Waals surface area (Å²) >= 11 is 0.